The van der Waals surface area contributed by atoms with Gasteiger partial charge in [-0.2, -0.15) is 0 Å². The molecule has 1 unspecified atom stereocenters. The Labute approximate surface area is 119 Å². The zero-order valence-corrected chi connectivity index (χ0v) is 13.2. The summed E-state index contributed by atoms with van der Waals surface area (Å²) in [6, 6.07) is 11.3. The normalized spacial score (nSPS) is 13.8. The van der Waals surface area contributed by atoms with Gasteiger partial charge < -0.3 is 10.2 Å². The molecule has 1 aromatic rings. The molecule has 108 valence electrons. The Morgan fingerprint density at radius 3 is 2.32 bits per heavy atom. The molecular formula is C17H30N2. The third-order valence-electron chi connectivity index (χ3n) is 3.43. The summed E-state index contributed by atoms with van der Waals surface area (Å²) < 4.78 is 0. The van der Waals surface area contributed by atoms with Crippen LogP contribution in [0.4, 0.5) is 0 Å². The van der Waals surface area contributed by atoms with E-state index in [0.717, 1.165) is 19.5 Å². The Hall–Kier alpha value is -0.860. The van der Waals surface area contributed by atoms with E-state index in [1.54, 1.807) is 0 Å². The van der Waals surface area contributed by atoms with E-state index >= 15 is 0 Å². The molecule has 0 saturated carbocycles. The fraction of sp³-hybridized carbons (Fsp3) is 0.647. The van der Waals surface area contributed by atoms with E-state index < -0.39 is 0 Å². The molecule has 0 saturated heterocycles. The highest BCUT2D eigenvalue weighted by atomic mass is 15.1. The Morgan fingerprint density at radius 2 is 1.79 bits per heavy atom. The second-order valence-electron chi connectivity index (χ2n) is 6.58. The van der Waals surface area contributed by atoms with Crippen molar-refractivity contribution in [1.29, 1.82) is 0 Å². The molecule has 1 aromatic carbocycles. The van der Waals surface area contributed by atoms with Gasteiger partial charge in [0.25, 0.3) is 0 Å². The standard InChI is InChI=1S/C17H30N2/c1-6-16(12-15-10-8-7-9-11-15)18-13-17(2,3)14-19(4)5/h7-11,16,18H,6,12-14H2,1-5H3. The molecule has 0 aliphatic carbocycles. The number of rotatable bonds is 8. The van der Waals surface area contributed by atoms with Crippen molar-refractivity contribution in [2.24, 2.45) is 5.41 Å². The second-order valence-corrected chi connectivity index (χ2v) is 6.58. The molecular weight excluding hydrogens is 232 g/mol. The summed E-state index contributed by atoms with van der Waals surface area (Å²) in [5.74, 6) is 0. The third kappa shape index (κ3) is 6.74. The average Bonchev–Trinajstić information content (AvgIpc) is 2.34. The van der Waals surface area contributed by atoms with E-state index in [1.165, 1.54) is 12.0 Å². The fourth-order valence-corrected chi connectivity index (χ4v) is 2.59. The van der Waals surface area contributed by atoms with Crippen molar-refractivity contribution in [1.82, 2.24) is 10.2 Å². The van der Waals surface area contributed by atoms with Gasteiger partial charge in [0.05, 0.1) is 0 Å². The van der Waals surface area contributed by atoms with Crippen molar-refractivity contribution in [2.45, 2.75) is 39.7 Å². The van der Waals surface area contributed by atoms with Crippen LogP contribution in [0.2, 0.25) is 0 Å². The molecule has 0 aromatic heterocycles. The number of hydrogen-bond acceptors (Lipinski definition) is 2. The predicted molar refractivity (Wildman–Crippen MR) is 84.6 cm³/mol. The van der Waals surface area contributed by atoms with E-state index in [4.69, 9.17) is 0 Å². The van der Waals surface area contributed by atoms with E-state index in [-0.39, 0.29) is 0 Å². The van der Waals surface area contributed by atoms with Crippen LogP contribution in [0.1, 0.15) is 32.8 Å². The lowest BCUT2D eigenvalue weighted by molar-refractivity contribution is 0.224. The minimum absolute atomic E-state index is 0.313. The van der Waals surface area contributed by atoms with E-state index in [2.05, 4.69) is 75.4 Å². The molecule has 0 heterocycles. The molecule has 0 aliphatic rings. The smallest absolute Gasteiger partial charge is 0.0105 e. The molecule has 0 spiro atoms. The molecule has 1 atom stereocenters. The maximum absolute atomic E-state index is 3.74. The van der Waals surface area contributed by atoms with Crippen molar-refractivity contribution in [2.75, 3.05) is 27.2 Å². The van der Waals surface area contributed by atoms with Crippen LogP contribution in [-0.4, -0.2) is 38.1 Å². The van der Waals surface area contributed by atoms with Gasteiger partial charge in [-0.3, -0.25) is 0 Å². The zero-order chi connectivity index (χ0) is 14.3. The van der Waals surface area contributed by atoms with Gasteiger partial charge in [-0.05, 0) is 37.9 Å². The third-order valence-corrected chi connectivity index (χ3v) is 3.43. The maximum atomic E-state index is 3.74. The van der Waals surface area contributed by atoms with Gasteiger partial charge in [-0.25, -0.2) is 0 Å². The first-order chi connectivity index (χ1) is 8.93. The Bertz CT molecular complexity index is 344. The van der Waals surface area contributed by atoms with Gasteiger partial charge in [0.2, 0.25) is 0 Å². The van der Waals surface area contributed by atoms with Crippen LogP contribution in [0.25, 0.3) is 0 Å². The van der Waals surface area contributed by atoms with Gasteiger partial charge >= 0.3 is 0 Å². The second kappa shape index (κ2) is 7.66. The monoisotopic (exact) mass is 262 g/mol. The number of nitrogens with zero attached hydrogens (tertiary/aromatic N) is 1. The number of hydrogen-bond donors (Lipinski definition) is 1. The lowest BCUT2D eigenvalue weighted by atomic mass is 9.92. The molecule has 19 heavy (non-hydrogen) atoms. The first kappa shape index (κ1) is 16.2. The average molecular weight is 262 g/mol. The van der Waals surface area contributed by atoms with Crippen LogP contribution >= 0.6 is 0 Å². The number of nitrogens with one attached hydrogen (secondary N) is 1. The molecule has 2 nitrogen and oxygen atoms in total. The van der Waals surface area contributed by atoms with Crippen molar-refractivity contribution < 1.29 is 0 Å². The highest BCUT2D eigenvalue weighted by molar-refractivity contribution is 5.15. The maximum Gasteiger partial charge on any atom is 0.0105 e. The Kier molecular flexibility index (Phi) is 6.53. The molecule has 1 rings (SSSR count). The minimum Gasteiger partial charge on any atom is -0.313 e. The summed E-state index contributed by atoms with van der Waals surface area (Å²) in [5.41, 5.74) is 1.74. The topological polar surface area (TPSA) is 15.3 Å². The van der Waals surface area contributed by atoms with Gasteiger partial charge in [0.15, 0.2) is 0 Å². The summed E-state index contributed by atoms with van der Waals surface area (Å²) in [7, 11) is 4.28. The predicted octanol–water partition coefficient (Wildman–Crippen LogP) is 3.19. The van der Waals surface area contributed by atoms with Crippen LogP contribution < -0.4 is 5.32 Å². The summed E-state index contributed by atoms with van der Waals surface area (Å²) in [5, 5.41) is 3.74. The summed E-state index contributed by atoms with van der Waals surface area (Å²) >= 11 is 0. The van der Waals surface area contributed by atoms with Crippen molar-refractivity contribution in [3.05, 3.63) is 35.9 Å². The highest BCUT2D eigenvalue weighted by Gasteiger charge is 2.20. The van der Waals surface area contributed by atoms with Crippen molar-refractivity contribution in [3.8, 4) is 0 Å². The lowest BCUT2D eigenvalue weighted by Crippen LogP contribution is -2.42. The van der Waals surface area contributed by atoms with Crippen molar-refractivity contribution >= 4 is 0 Å². The zero-order valence-electron chi connectivity index (χ0n) is 13.2. The molecule has 0 radical (unpaired) electrons. The molecule has 0 amide bonds. The first-order valence-corrected chi connectivity index (χ1v) is 7.35. The SMILES string of the molecule is CCC(Cc1ccccc1)NCC(C)(C)CN(C)C. The quantitative estimate of drug-likeness (QED) is 0.774. The van der Waals surface area contributed by atoms with Crippen LogP contribution in [-0.2, 0) is 6.42 Å². The van der Waals surface area contributed by atoms with Crippen molar-refractivity contribution in [3.63, 3.8) is 0 Å². The van der Waals surface area contributed by atoms with E-state index in [9.17, 15) is 0 Å². The lowest BCUT2D eigenvalue weighted by Gasteiger charge is -2.30. The van der Waals surface area contributed by atoms with Gasteiger partial charge in [-0.15, -0.1) is 0 Å². The largest absolute Gasteiger partial charge is 0.313 e. The molecule has 0 aliphatic heterocycles. The Balaban J connectivity index is 2.45. The molecule has 2 heteroatoms. The van der Waals surface area contributed by atoms with Crippen LogP contribution in [0.3, 0.4) is 0 Å². The summed E-state index contributed by atoms with van der Waals surface area (Å²) in [6.07, 6.45) is 2.29. The van der Waals surface area contributed by atoms with E-state index in [0.29, 0.717) is 11.5 Å². The van der Waals surface area contributed by atoms with Gasteiger partial charge in [0.1, 0.15) is 0 Å². The number of benzene rings is 1. The summed E-state index contributed by atoms with van der Waals surface area (Å²) in [4.78, 5) is 2.26. The van der Waals surface area contributed by atoms with E-state index in [1.807, 2.05) is 0 Å². The molecule has 1 N–H and O–H groups in total. The van der Waals surface area contributed by atoms with Crippen LogP contribution in [0.15, 0.2) is 30.3 Å². The molecule has 0 bridgehead atoms. The van der Waals surface area contributed by atoms with Crippen LogP contribution in [0.5, 0.6) is 0 Å². The first-order valence-electron chi connectivity index (χ1n) is 7.35. The van der Waals surface area contributed by atoms with Gasteiger partial charge in [0, 0.05) is 19.1 Å². The molecule has 0 fully saturated rings. The van der Waals surface area contributed by atoms with Crippen LogP contribution in [0, 0.1) is 5.41 Å². The fourth-order valence-electron chi connectivity index (χ4n) is 2.59. The highest BCUT2D eigenvalue weighted by Crippen LogP contribution is 2.15. The Morgan fingerprint density at radius 1 is 1.16 bits per heavy atom. The summed E-state index contributed by atoms with van der Waals surface area (Å²) in [6.45, 7) is 9.10. The van der Waals surface area contributed by atoms with Gasteiger partial charge in [-0.1, -0.05) is 51.1 Å². The minimum atomic E-state index is 0.313.